The van der Waals surface area contributed by atoms with Crippen molar-refractivity contribution in [2.24, 2.45) is 11.3 Å². The molecule has 4 heteroatoms. The molecule has 0 spiro atoms. The smallest absolute Gasteiger partial charge is 0.255 e. The van der Waals surface area contributed by atoms with Gasteiger partial charge in [-0.25, -0.2) is 0 Å². The van der Waals surface area contributed by atoms with Crippen LogP contribution >= 0.6 is 15.9 Å². The van der Waals surface area contributed by atoms with E-state index in [2.05, 4.69) is 35.1 Å². The van der Waals surface area contributed by atoms with Crippen molar-refractivity contribution in [2.75, 3.05) is 6.54 Å². The Morgan fingerprint density at radius 3 is 2.87 bits per heavy atom. The minimum atomic E-state index is -0.0710. The van der Waals surface area contributed by atoms with E-state index in [-0.39, 0.29) is 5.91 Å². The summed E-state index contributed by atoms with van der Waals surface area (Å²) in [5.41, 5.74) is 0.967. The van der Waals surface area contributed by atoms with Gasteiger partial charge in [-0.2, -0.15) is 0 Å². The van der Waals surface area contributed by atoms with Crippen molar-refractivity contribution in [1.82, 2.24) is 5.32 Å². The van der Waals surface area contributed by atoms with E-state index in [0.29, 0.717) is 21.6 Å². The number of amides is 1. The van der Waals surface area contributed by atoms with E-state index in [1.54, 1.807) is 6.07 Å². The molecule has 0 aliphatic heterocycles. The summed E-state index contributed by atoms with van der Waals surface area (Å²) in [5.74, 6) is 0.547. The first-order valence-corrected chi connectivity index (χ1v) is 5.81. The standard InChI is InChI=1S/C11H14BrNO2/c1-11(2)5-7(11)6-13-10(14)8-3-4-15-9(8)12/h3-4,7H,5-6H2,1-2H3,(H,13,14). The van der Waals surface area contributed by atoms with E-state index in [1.807, 2.05) is 0 Å². The highest BCUT2D eigenvalue weighted by Gasteiger charge is 2.45. The Balaban J connectivity index is 1.86. The van der Waals surface area contributed by atoms with Crippen molar-refractivity contribution >= 4 is 21.8 Å². The zero-order valence-electron chi connectivity index (χ0n) is 8.84. The Morgan fingerprint density at radius 2 is 2.40 bits per heavy atom. The van der Waals surface area contributed by atoms with Crippen LogP contribution in [0.5, 0.6) is 0 Å². The molecular weight excluding hydrogens is 258 g/mol. The third-order valence-corrected chi connectivity index (χ3v) is 3.70. The Labute approximate surface area is 97.4 Å². The number of halogens is 1. The lowest BCUT2D eigenvalue weighted by atomic mass is 10.1. The van der Waals surface area contributed by atoms with Gasteiger partial charge in [-0.1, -0.05) is 13.8 Å². The molecule has 1 heterocycles. The number of nitrogens with one attached hydrogen (secondary N) is 1. The SMILES string of the molecule is CC1(C)CC1CNC(=O)c1ccoc1Br. The summed E-state index contributed by atoms with van der Waals surface area (Å²) in [6.45, 7) is 5.19. The number of carbonyl (C=O) groups is 1. The molecule has 1 aliphatic carbocycles. The topological polar surface area (TPSA) is 42.2 Å². The van der Waals surface area contributed by atoms with Gasteiger partial charge in [-0.15, -0.1) is 0 Å². The van der Waals surface area contributed by atoms with Crippen molar-refractivity contribution in [3.05, 3.63) is 22.6 Å². The lowest BCUT2D eigenvalue weighted by Crippen LogP contribution is -2.26. The molecule has 1 fully saturated rings. The molecule has 3 nitrogen and oxygen atoms in total. The molecule has 2 rings (SSSR count). The van der Waals surface area contributed by atoms with E-state index >= 15 is 0 Å². The molecule has 0 bridgehead atoms. The van der Waals surface area contributed by atoms with Crippen LogP contribution in [0.2, 0.25) is 0 Å². The predicted octanol–water partition coefficient (Wildman–Crippen LogP) is 2.82. The Bertz CT molecular complexity index is 384. The van der Waals surface area contributed by atoms with Gasteiger partial charge in [0.1, 0.15) is 0 Å². The zero-order valence-corrected chi connectivity index (χ0v) is 10.4. The fourth-order valence-corrected chi connectivity index (χ4v) is 2.11. The average Bonchev–Trinajstić information content (AvgIpc) is 2.58. The molecule has 1 aromatic heterocycles. The van der Waals surface area contributed by atoms with Gasteiger partial charge < -0.3 is 9.73 Å². The molecule has 1 saturated carbocycles. The molecule has 15 heavy (non-hydrogen) atoms. The number of rotatable bonds is 3. The van der Waals surface area contributed by atoms with Crippen molar-refractivity contribution in [1.29, 1.82) is 0 Å². The van der Waals surface area contributed by atoms with Crippen LogP contribution in [-0.4, -0.2) is 12.5 Å². The molecule has 1 unspecified atom stereocenters. The summed E-state index contributed by atoms with van der Waals surface area (Å²) < 4.78 is 5.50. The highest BCUT2D eigenvalue weighted by atomic mass is 79.9. The number of hydrogen-bond donors (Lipinski definition) is 1. The molecule has 0 aromatic carbocycles. The van der Waals surface area contributed by atoms with Crippen molar-refractivity contribution < 1.29 is 9.21 Å². The van der Waals surface area contributed by atoms with Crippen LogP contribution in [0.1, 0.15) is 30.6 Å². The molecule has 1 aromatic rings. The summed E-state index contributed by atoms with van der Waals surface area (Å²) in [5, 5.41) is 2.91. The van der Waals surface area contributed by atoms with E-state index in [4.69, 9.17) is 4.42 Å². The van der Waals surface area contributed by atoms with Crippen LogP contribution < -0.4 is 5.32 Å². The highest BCUT2D eigenvalue weighted by Crippen LogP contribution is 2.50. The molecule has 82 valence electrons. The van der Waals surface area contributed by atoms with Gasteiger partial charge >= 0.3 is 0 Å². The molecule has 1 amide bonds. The fraction of sp³-hybridized carbons (Fsp3) is 0.545. The Kier molecular flexibility index (Phi) is 2.63. The summed E-state index contributed by atoms with van der Waals surface area (Å²) >= 11 is 3.18. The van der Waals surface area contributed by atoms with Crippen LogP contribution in [0.15, 0.2) is 21.4 Å². The normalized spacial score (nSPS) is 22.5. The van der Waals surface area contributed by atoms with Crippen LogP contribution in [0.25, 0.3) is 0 Å². The minimum absolute atomic E-state index is 0.0710. The van der Waals surface area contributed by atoms with Gasteiger partial charge in [0.05, 0.1) is 11.8 Å². The highest BCUT2D eigenvalue weighted by molar-refractivity contribution is 9.10. The Hall–Kier alpha value is -0.770. The third-order valence-electron chi connectivity index (χ3n) is 3.09. The summed E-state index contributed by atoms with van der Waals surface area (Å²) in [4.78, 5) is 11.7. The molecule has 1 N–H and O–H groups in total. The van der Waals surface area contributed by atoms with E-state index < -0.39 is 0 Å². The quantitative estimate of drug-likeness (QED) is 0.919. The lowest BCUT2D eigenvalue weighted by molar-refractivity contribution is 0.0949. The van der Waals surface area contributed by atoms with Crippen molar-refractivity contribution in [3.8, 4) is 0 Å². The lowest BCUT2D eigenvalue weighted by Gasteiger charge is -2.05. The van der Waals surface area contributed by atoms with Gasteiger partial charge in [-0.3, -0.25) is 4.79 Å². The maximum atomic E-state index is 11.7. The summed E-state index contributed by atoms with van der Waals surface area (Å²) in [7, 11) is 0. The van der Waals surface area contributed by atoms with Gasteiger partial charge in [-0.05, 0) is 39.8 Å². The fourth-order valence-electron chi connectivity index (χ4n) is 1.69. The van der Waals surface area contributed by atoms with Crippen LogP contribution in [0.3, 0.4) is 0 Å². The first-order valence-electron chi connectivity index (χ1n) is 5.02. The minimum Gasteiger partial charge on any atom is -0.457 e. The van der Waals surface area contributed by atoms with Gasteiger partial charge in [0.15, 0.2) is 4.67 Å². The van der Waals surface area contributed by atoms with Crippen LogP contribution in [-0.2, 0) is 0 Å². The molecular formula is C11H14BrNO2. The first-order chi connectivity index (χ1) is 7.00. The zero-order chi connectivity index (χ0) is 11.1. The third kappa shape index (κ3) is 2.25. The van der Waals surface area contributed by atoms with E-state index in [0.717, 1.165) is 6.54 Å². The average molecular weight is 272 g/mol. The van der Waals surface area contributed by atoms with Crippen LogP contribution in [0, 0.1) is 11.3 Å². The van der Waals surface area contributed by atoms with Gasteiger partial charge in [0.2, 0.25) is 0 Å². The number of furan rings is 1. The maximum absolute atomic E-state index is 11.7. The number of carbonyl (C=O) groups excluding carboxylic acids is 1. The van der Waals surface area contributed by atoms with Crippen molar-refractivity contribution in [3.63, 3.8) is 0 Å². The summed E-state index contributed by atoms with van der Waals surface area (Å²) in [6, 6.07) is 1.66. The molecule has 1 aliphatic rings. The summed E-state index contributed by atoms with van der Waals surface area (Å²) in [6.07, 6.45) is 2.69. The van der Waals surface area contributed by atoms with Gasteiger partial charge in [0, 0.05) is 6.54 Å². The molecule has 0 radical (unpaired) electrons. The monoisotopic (exact) mass is 271 g/mol. The first kappa shape index (κ1) is 10.7. The second-order valence-electron chi connectivity index (χ2n) is 4.71. The molecule has 1 atom stereocenters. The molecule has 0 saturated heterocycles. The van der Waals surface area contributed by atoms with Crippen LogP contribution in [0.4, 0.5) is 0 Å². The van der Waals surface area contributed by atoms with Gasteiger partial charge in [0.25, 0.3) is 5.91 Å². The largest absolute Gasteiger partial charge is 0.457 e. The van der Waals surface area contributed by atoms with E-state index in [1.165, 1.54) is 12.7 Å². The number of hydrogen-bond acceptors (Lipinski definition) is 2. The second-order valence-corrected chi connectivity index (χ2v) is 5.43. The van der Waals surface area contributed by atoms with Crippen molar-refractivity contribution in [2.45, 2.75) is 20.3 Å². The maximum Gasteiger partial charge on any atom is 0.255 e. The van der Waals surface area contributed by atoms with E-state index in [9.17, 15) is 4.79 Å². The Morgan fingerprint density at radius 1 is 1.73 bits per heavy atom. The predicted molar refractivity (Wildman–Crippen MR) is 60.6 cm³/mol. The second kappa shape index (κ2) is 3.67.